The number of hydrogen-bond acceptors (Lipinski definition) is 4. The Labute approximate surface area is 99.7 Å². The molecule has 90 valence electrons. The molecule has 1 aliphatic heterocycles. The summed E-state index contributed by atoms with van der Waals surface area (Å²) in [6.45, 7) is 2.17. The predicted molar refractivity (Wildman–Crippen MR) is 64.1 cm³/mol. The van der Waals surface area contributed by atoms with Gasteiger partial charge in [0.2, 0.25) is 0 Å². The molecule has 3 heterocycles. The van der Waals surface area contributed by atoms with Crippen LogP contribution in [0.2, 0.25) is 0 Å². The molecule has 0 spiro atoms. The summed E-state index contributed by atoms with van der Waals surface area (Å²) in [4.78, 5) is 6.84. The van der Waals surface area contributed by atoms with Gasteiger partial charge in [-0.1, -0.05) is 0 Å². The molecule has 5 nitrogen and oxygen atoms in total. The van der Waals surface area contributed by atoms with Crippen molar-refractivity contribution in [2.45, 2.75) is 18.8 Å². The van der Waals surface area contributed by atoms with E-state index in [1.165, 1.54) is 6.42 Å². The number of likely N-dealkylation sites (tertiary alicyclic amines) is 1. The molecule has 5 heteroatoms. The summed E-state index contributed by atoms with van der Waals surface area (Å²) >= 11 is 0. The summed E-state index contributed by atoms with van der Waals surface area (Å²) in [6, 6.07) is 3.43. The summed E-state index contributed by atoms with van der Waals surface area (Å²) in [6.07, 6.45) is 3.94. The van der Waals surface area contributed by atoms with Gasteiger partial charge in [-0.05, 0) is 38.6 Å². The topological polar surface area (TPSA) is 53.7 Å². The first-order valence-electron chi connectivity index (χ1n) is 5.96. The fourth-order valence-electron chi connectivity index (χ4n) is 2.44. The molecule has 0 radical (unpaired) electrons. The summed E-state index contributed by atoms with van der Waals surface area (Å²) in [5, 5.41) is 13.8. The Morgan fingerprint density at radius 2 is 2.29 bits per heavy atom. The number of fused-ring (bicyclic) bond motifs is 1. The fraction of sp³-hybridized carbons (Fsp3) is 0.500. The molecule has 0 amide bonds. The van der Waals surface area contributed by atoms with Crippen molar-refractivity contribution >= 4 is 5.65 Å². The molecular formula is C12H16N4O. The molecule has 1 unspecified atom stereocenters. The number of likely N-dealkylation sites (N-methyl/N-ethyl adjacent to an activating group) is 1. The van der Waals surface area contributed by atoms with Gasteiger partial charge in [-0.3, -0.25) is 0 Å². The van der Waals surface area contributed by atoms with E-state index in [4.69, 9.17) is 0 Å². The van der Waals surface area contributed by atoms with E-state index >= 15 is 0 Å². The number of nitrogens with zero attached hydrogens (tertiary/aromatic N) is 4. The Balaban J connectivity index is 1.94. The number of aromatic hydroxyl groups is 1. The molecule has 17 heavy (non-hydrogen) atoms. The van der Waals surface area contributed by atoms with E-state index in [1.54, 1.807) is 22.8 Å². The quantitative estimate of drug-likeness (QED) is 0.804. The zero-order chi connectivity index (χ0) is 11.8. The Hall–Kier alpha value is -1.62. The molecule has 0 aromatic carbocycles. The molecule has 2 aromatic rings. The van der Waals surface area contributed by atoms with Gasteiger partial charge in [0.15, 0.2) is 11.5 Å². The van der Waals surface area contributed by atoms with Gasteiger partial charge in [-0.2, -0.15) is 5.10 Å². The Kier molecular flexibility index (Phi) is 2.48. The van der Waals surface area contributed by atoms with Gasteiger partial charge in [0, 0.05) is 12.5 Å². The van der Waals surface area contributed by atoms with Crippen molar-refractivity contribution < 1.29 is 5.11 Å². The van der Waals surface area contributed by atoms with Gasteiger partial charge in [0.25, 0.3) is 0 Å². The number of rotatable bonds is 1. The van der Waals surface area contributed by atoms with Crippen LogP contribution in [0.15, 0.2) is 18.3 Å². The van der Waals surface area contributed by atoms with Crippen molar-refractivity contribution in [3.05, 3.63) is 24.2 Å². The molecule has 0 bridgehead atoms. The second kappa shape index (κ2) is 4.00. The minimum Gasteiger partial charge on any atom is -0.506 e. The lowest BCUT2D eigenvalue weighted by Gasteiger charge is -2.27. The number of hydrogen-bond donors (Lipinski definition) is 1. The molecule has 1 N–H and O–H groups in total. The minimum atomic E-state index is 0.217. The van der Waals surface area contributed by atoms with Crippen molar-refractivity contribution in [3.63, 3.8) is 0 Å². The highest BCUT2D eigenvalue weighted by molar-refractivity contribution is 5.40. The van der Waals surface area contributed by atoms with Gasteiger partial charge >= 0.3 is 0 Å². The highest BCUT2D eigenvalue weighted by Gasteiger charge is 2.22. The average molecular weight is 232 g/mol. The van der Waals surface area contributed by atoms with Crippen LogP contribution < -0.4 is 0 Å². The molecule has 1 saturated heterocycles. The third-order valence-corrected chi connectivity index (χ3v) is 3.32. The molecule has 3 rings (SSSR count). The highest BCUT2D eigenvalue weighted by atomic mass is 16.3. The van der Waals surface area contributed by atoms with Crippen LogP contribution >= 0.6 is 0 Å². The van der Waals surface area contributed by atoms with Crippen LogP contribution in [0.1, 0.15) is 24.6 Å². The van der Waals surface area contributed by atoms with Gasteiger partial charge < -0.3 is 10.0 Å². The van der Waals surface area contributed by atoms with Crippen molar-refractivity contribution in [1.82, 2.24) is 19.5 Å². The SMILES string of the molecule is CN1CCCC(c2nc3ccc(O)cn3n2)C1. The molecule has 0 aliphatic carbocycles. The van der Waals surface area contributed by atoms with Crippen molar-refractivity contribution in [2.24, 2.45) is 0 Å². The molecule has 1 atom stereocenters. The maximum absolute atomic E-state index is 9.40. The highest BCUT2D eigenvalue weighted by Crippen LogP contribution is 2.24. The second-order valence-electron chi connectivity index (χ2n) is 4.76. The second-order valence-corrected chi connectivity index (χ2v) is 4.76. The molecule has 1 fully saturated rings. The maximum atomic E-state index is 9.40. The van der Waals surface area contributed by atoms with E-state index in [-0.39, 0.29) is 5.75 Å². The van der Waals surface area contributed by atoms with E-state index in [2.05, 4.69) is 22.0 Å². The minimum absolute atomic E-state index is 0.217. The summed E-state index contributed by atoms with van der Waals surface area (Å²) in [7, 11) is 2.13. The molecule has 2 aromatic heterocycles. The Morgan fingerprint density at radius 1 is 1.41 bits per heavy atom. The van der Waals surface area contributed by atoms with Crippen LogP contribution in [0.5, 0.6) is 5.75 Å². The molecule has 1 aliphatic rings. The fourth-order valence-corrected chi connectivity index (χ4v) is 2.44. The van der Waals surface area contributed by atoms with E-state index in [9.17, 15) is 5.11 Å². The van der Waals surface area contributed by atoms with Gasteiger partial charge in [0.05, 0.1) is 6.20 Å². The molecular weight excluding hydrogens is 216 g/mol. The number of piperidine rings is 1. The van der Waals surface area contributed by atoms with E-state index in [1.807, 2.05) is 0 Å². The average Bonchev–Trinajstić information content (AvgIpc) is 2.72. The largest absolute Gasteiger partial charge is 0.506 e. The Bertz CT molecular complexity index is 536. The normalized spacial score (nSPS) is 22.1. The summed E-state index contributed by atoms with van der Waals surface area (Å²) in [5.41, 5.74) is 0.797. The first-order chi connectivity index (χ1) is 8.22. The third-order valence-electron chi connectivity index (χ3n) is 3.32. The monoisotopic (exact) mass is 232 g/mol. The van der Waals surface area contributed by atoms with Crippen molar-refractivity contribution in [2.75, 3.05) is 20.1 Å². The van der Waals surface area contributed by atoms with Gasteiger partial charge in [-0.15, -0.1) is 0 Å². The Morgan fingerprint density at radius 3 is 3.12 bits per heavy atom. The summed E-state index contributed by atoms with van der Waals surface area (Å²) < 4.78 is 1.65. The summed E-state index contributed by atoms with van der Waals surface area (Å²) in [5.74, 6) is 1.52. The standard InChI is InChI=1S/C12H16N4O/c1-15-6-2-3-9(7-15)12-13-11-5-4-10(17)8-16(11)14-12/h4-5,8-9,17H,2-3,6-7H2,1H3. The number of pyridine rings is 1. The smallest absolute Gasteiger partial charge is 0.156 e. The first-order valence-corrected chi connectivity index (χ1v) is 5.96. The number of aromatic nitrogens is 3. The lowest BCUT2D eigenvalue weighted by Crippen LogP contribution is -2.31. The molecule has 0 saturated carbocycles. The van der Waals surface area contributed by atoms with Crippen molar-refractivity contribution in [3.8, 4) is 5.75 Å². The van der Waals surface area contributed by atoms with Crippen LogP contribution in [-0.2, 0) is 0 Å². The zero-order valence-corrected chi connectivity index (χ0v) is 9.87. The van der Waals surface area contributed by atoms with E-state index in [0.29, 0.717) is 5.92 Å². The maximum Gasteiger partial charge on any atom is 0.156 e. The zero-order valence-electron chi connectivity index (χ0n) is 9.87. The van der Waals surface area contributed by atoms with Crippen molar-refractivity contribution in [1.29, 1.82) is 0 Å². The van der Waals surface area contributed by atoms with Gasteiger partial charge in [-0.25, -0.2) is 9.50 Å². The van der Waals surface area contributed by atoms with Crippen LogP contribution in [0.3, 0.4) is 0 Å². The van der Waals surface area contributed by atoms with Crippen LogP contribution in [-0.4, -0.2) is 44.7 Å². The van der Waals surface area contributed by atoms with Crippen LogP contribution in [0, 0.1) is 0 Å². The van der Waals surface area contributed by atoms with E-state index in [0.717, 1.165) is 31.0 Å². The van der Waals surface area contributed by atoms with Crippen LogP contribution in [0.4, 0.5) is 0 Å². The van der Waals surface area contributed by atoms with Crippen LogP contribution in [0.25, 0.3) is 5.65 Å². The van der Waals surface area contributed by atoms with E-state index < -0.39 is 0 Å². The third kappa shape index (κ3) is 1.98. The lowest BCUT2D eigenvalue weighted by atomic mass is 9.98. The lowest BCUT2D eigenvalue weighted by molar-refractivity contribution is 0.246. The predicted octanol–water partition coefficient (Wildman–Crippen LogP) is 1.24. The van der Waals surface area contributed by atoms with Gasteiger partial charge in [0.1, 0.15) is 5.75 Å². The first kappa shape index (κ1) is 10.5.